The van der Waals surface area contributed by atoms with E-state index in [2.05, 4.69) is 37.1 Å². The molecule has 4 N–H and O–H groups in total. The predicted octanol–water partition coefficient (Wildman–Crippen LogP) is 3.29. The largest absolute Gasteiger partial charge is 0.493 e. The highest BCUT2D eigenvalue weighted by Crippen LogP contribution is 2.35. The summed E-state index contributed by atoms with van der Waals surface area (Å²) in [6, 6.07) is 6.54. The van der Waals surface area contributed by atoms with Crippen LogP contribution in [0.3, 0.4) is 0 Å². The van der Waals surface area contributed by atoms with Crippen LogP contribution < -0.4 is 30.3 Å². The molecule has 2 aromatic carbocycles. The van der Waals surface area contributed by atoms with E-state index in [9.17, 15) is 19.2 Å². The molecule has 1 heterocycles. The second kappa shape index (κ2) is 14.4. The number of hydrazone groups is 1. The third-order valence-electron chi connectivity index (χ3n) is 5.41. The van der Waals surface area contributed by atoms with Crippen LogP contribution in [0.25, 0.3) is 0 Å². The number of halogens is 2. The van der Waals surface area contributed by atoms with Crippen molar-refractivity contribution in [2.75, 3.05) is 26.9 Å². The van der Waals surface area contributed by atoms with Gasteiger partial charge in [0.2, 0.25) is 0 Å². The van der Waals surface area contributed by atoms with Crippen molar-refractivity contribution in [3.05, 3.63) is 62.2 Å². The Morgan fingerprint density at radius 3 is 2.59 bits per heavy atom. The smallest absolute Gasteiger partial charge is 0.341 e. The van der Waals surface area contributed by atoms with Crippen LogP contribution in [0.2, 0.25) is 5.02 Å². The number of allylic oxidation sites excluding steroid dienone is 1. The molecule has 41 heavy (non-hydrogen) atoms. The molecule has 2 aromatic rings. The molecule has 0 saturated carbocycles. The van der Waals surface area contributed by atoms with E-state index >= 15 is 0 Å². The van der Waals surface area contributed by atoms with Crippen LogP contribution in [0, 0.1) is 0 Å². The number of methoxy groups -OCH3 is 1. The molecule has 3 rings (SSSR count). The van der Waals surface area contributed by atoms with E-state index in [0.717, 1.165) is 0 Å². The molecule has 1 aliphatic rings. The first-order valence-electron chi connectivity index (χ1n) is 12.0. The Kier molecular flexibility index (Phi) is 10.9. The number of carboxylic acids is 1. The zero-order valence-electron chi connectivity index (χ0n) is 22.1. The van der Waals surface area contributed by atoms with E-state index in [1.165, 1.54) is 19.4 Å². The zero-order chi connectivity index (χ0) is 30.1. The van der Waals surface area contributed by atoms with Gasteiger partial charge >= 0.3 is 18.0 Å². The molecule has 13 nitrogen and oxygen atoms in total. The van der Waals surface area contributed by atoms with Gasteiger partial charge in [-0.1, -0.05) is 17.7 Å². The molecule has 0 unspecified atom stereocenters. The Morgan fingerprint density at radius 2 is 1.93 bits per heavy atom. The zero-order valence-corrected chi connectivity index (χ0v) is 24.4. The number of hydrogen-bond acceptors (Lipinski definition) is 9. The van der Waals surface area contributed by atoms with Gasteiger partial charge in [-0.3, -0.25) is 4.79 Å². The average Bonchev–Trinajstić information content (AvgIpc) is 2.90. The number of ether oxygens (including phenoxy) is 4. The number of hydrogen-bond donors (Lipinski definition) is 4. The maximum Gasteiger partial charge on any atom is 0.341 e. The number of amides is 3. The first-order valence-corrected chi connectivity index (χ1v) is 13.1. The van der Waals surface area contributed by atoms with E-state index in [0.29, 0.717) is 21.3 Å². The molecular formula is C26H26BrClN4O9. The van der Waals surface area contributed by atoms with E-state index in [1.54, 1.807) is 38.1 Å². The number of nitrogens with one attached hydrogen (secondary N) is 3. The Labute approximate surface area is 247 Å². The lowest BCUT2D eigenvalue weighted by molar-refractivity contribution is -0.140. The third-order valence-corrected chi connectivity index (χ3v) is 6.28. The summed E-state index contributed by atoms with van der Waals surface area (Å²) in [6.45, 7) is 2.49. The molecule has 0 radical (unpaired) electrons. The fourth-order valence-electron chi connectivity index (χ4n) is 3.69. The Hall–Kier alpha value is -4.30. The molecule has 218 valence electrons. The first kappa shape index (κ1) is 31.2. The molecule has 0 fully saturated rings. The maximum absolute atomic E-state index is 12.6. The van der Waals surface area contributed by atoms with E-state index in [4.69, 9.17) is 35.7 Å². The van der Waals surface area contributed by atoms with Gasteiger partial charge in [0, 0.05) is 5.70 Å². The molecule has 3 amide bonds. The minimum absolute atomic E-state index is 0.149. The maximum atomic E-state index is 12.6. The van der Waals surface area contributed by atoms with Gasteiger partial charge in [0.25, 0.3) is 5.91 Å². The number of esters is 1. The number of aliphatic carboxylic acids is 1. The Balaban J connectivity index is 1.65. The monoisotopic (exact) mass is 652 g/mol. The van der Waals surface area contributed by atoms with Gasteiger partial charge in [0.05, 0.1) is 41.0 Å². The molecule has 0 bridgehead atoms. The molecule has 0 aliphatic carbocycles. The van der Waals surface area contributed by atoms with Gasteiger partial charge in [-0.2, -0.15) is 5.10 Å². The topological polar surface area (TPSA) is 174 Å². The lowest BCUT2D eigenvalue weighted by Crippen LogP contribution is -2.45. The molecule has 1 aliphatic heterocycles. The van der Waals surface area contributed by atoms with Crippen molar-refractivity contribution in [1.29, 1.82) is 0 Å². The van der Waals surface area contributed by atoms with Gasteiger partial charge in [-0.05, 0) is 65.2 Å². The number of benzene rings is 2. The van der Waals surface area contributed by atoms with Crippen LogP contribution in [-0.4, -0.2) is 62.1 Å². The van der Waals surface area contributed by atoms with Crippen LogP contribution in [0.4, 0.5) is 4.79 Å². The summed E-state index contributed by atoms with van der Waals surface area (Å²) in [5.41, 5.74) is 3.96. The van der Waals surface area contributed by atoms with Gasteiger partial charge in [0.1, 0.15) is 0 Å². The van der Waals surface area contributed by atoms with Crippen molar-refractivity contribution >= 4 is 57.6 Å². The van der Waals surface area contributed by atoms with Gasteiger partial charge in [-0.15, -0.1) is 0 Å². The summed E-state index contributed by atoms with van der Waals surface area (Å²) in [6.07, 6.45) is 1.33. The van der Waals surface area contributed by atoms with Gasteiger partial charge in [0.15, 0.2) is 30.5 Å². The highest BCUT2D eigenvalue weighted by atomic mass is 79.9. The number of carbonyl (C=O) groups excluding carboxylic acids is 3. The number of carboxylic acid groups (broad SMARTS) is 1. The fourth-order valence-corrected chi connectivity index (χ4v) is 4.68. The molecule has 0 aromatic heterocycles. The molecule has 15 heteroatoms. The van der Waals surface area contributed by atoms with Crippen LogP contribution in [0.5, 0.6) is 17.2 Å². The SMILES string of the molecule is CCOC(=O)C1=C(C)NC(=O)N[C@H]1c1ccc(OCC(=O)N/N=C\c2cc(Cl)c(OCC(=O)O)c(Br)c2)c(OC)c1. The second-order valence-corrected chi connectivity index (χ2v) is 9.54. The van der Waals surface area contributed by atoms with Crippen molar-refractivity contribution in [3.63, 3.8) is 0 Å². The molecule has 1 atom stereocenters. The van der Waals surface area contributed by atoms with Crippen LogP contribution >= 0.6 is 27.5 Å². The van der Waals surface area contributed by atoms with Crippen LogP contribution in [0.15, 0.2) is 51.2 Å². The molecular weight excluding hydrogens is 628 g/mol. The van der Waals surface area contributed by atoms with Crippen molar-refractivity contribution in [3.8, 4) is 17.2 Å². The summed E-state index contributed by atoms with van der Waals surface area (Å²) in [5.74, 6) is -1.64. The Morgan fingerprint density at radius 1 is 1.17 bits per heavy atom. The molecule has 0 spiro atoms. The third kappa shape index (κ3) is 8.35. The summed E-state index contributed by atoms with van der Waals surface area (Å²) in [7, 11) is 1.41. The van der Waals surface area contributed by atoms with Crippen molar-refractivity contribution in [2.24, 2.45) is 5.10 Å². The van der Waals surface area contributed by atoms with Crippen molar-refractivity contribution in [1.82, 2.24) is 16.1 Å². The van der Waals surface area contributed by atoms with Crippen molar-refractivity contribution in [2.45, 2.75) is 19.9 Å². The van der Waals surface area contributed by atoms with Crippen LogP contribution in [-0.2, 0) is 19.1 Å². The number of urea groups is 1. The summed E-state index contributed by atoms with van der Waals surface area (Å²) < 4.78 is 21.7. The minimum Gasteiger partial charge on any atom is -0.493 e. The highest BCUT2D eigenvalue weighted by Gasteiger charge is 2.32. The minimum atomic E-state index is -1.15. The van der Waals surface area contributed by atoms with E-state index in [-0.39, 0.29) is 34.5 Å². The van der Waals surface area contributed by atoms with E-state index < -0.39 is 43.1 Å². The number of nitrogens with zero attached hydrogens (tertiary/aromatic N) is 1. The quantitative estimate of drug-likeness (QED) is 0.152. The lowest BCUT2D eigenvalue weighted by atomic mass is 9.95. The number of rotatable bonds is 12. The fraction of sp³-hybridized carbons (Fsp3) is 0.269. The lowest BCUT2D eigenvalue weighted by Gasteiger charge is -2.28. The van der Waals surface area contributed by atoms with E-state index in [1.807, 2.05) is 0 Å². The Bertz CT molecular complexity index is 1390. The predicted molar refractivity (Wildman–Crippen MR) is 150 cm³/mol. The van der Waals surface area contributed by atoms with Gasteiger partial charge < -0.3 is 34.7 Å². The van der Waals surface area contributed by atoms with Crippen molar-refractivity contribution < 1.29 is 43.2 Å². The molecule has 0 saturated heterocycles. The highest BCUT2D eigenvalue weighted by molar-refractivity contribution is 9.10. The summed E-state index contributed by atoms with van der Waals surface area (Å²) in [4.78, 5) is 47.7. The average molecular weight is 654 g/mol. The summed E-state index contributed by atoms with van der Waals surface area (Å²) in [5, 5.41) is 18.0. The normalized spacial score (nSPS) is 14.7. The summed E-state index contributed by atoms with van der Waals surface area (Å²) >= 11 is 9.39. The number of carbonyl (C=O) groups is 4. The van der Waals surface area contributed by atoms with Crippen LogP contribution in [0.1, 0.15) is 31.0 Å². The van der Waals surface area contributed by atoms with Gasteiger partial charge in [-0.25, -0.2) is 19.8 Å². The second-order valence-electron chi connectivity index (χ2n) is 8.28. The first-order chi connectivity index (χ1) is 19.5. The standard InChI is InChI=1S/C26H26BrClN4O9/c1-4-39-25(36)22-13(2)30-26(37)31-23(22)15-5-6-18(19(9-15)38-3)40-11-20(33)32-29-10-14-7-16(27)24(17(28)8-14)41-12-21(34)35/h5-10,23H,4,11-12H2,1-3H3,(H,32,33)(H,34,35)(H2,30,31,37)/b29-10-/t23-/m0/s1.